The first-order valence-electron chi connectivity index (χ1n) is 24.4. The molecule has 8 rings (SSSR count). The smallest absolute Gasteiger partial charge is 0.335 e. The van der Waals surface area contributed by atoms with E-state index in [4.69, 9.17) is 28.4 Å². The number of fused-ring (bicyclic) bond motifs is 7. The lowest BCUT2D eigenvalue weighted by Gasteiger charge is -2.72. The van der Waals surface area contributed by atoms with Crippen molar-refractivity contribution in [2.24, 2.45) is 50.2 Å². The van der Waals surface area contributed by atoms with Crippen molar-refractivity contribution in [3.05, 3.63) is 11.6 Å². The standard InChI is InChI=1S/C48H78O19/c1-43(2)16-22-21-8-9-26-45(4)12-11-28(46(5,20-51)25(45)10-13-48(26,7)47(21,6)15-14-44(22,3)27(52)17-43)64-42-38(34(58)33(57)36(65-42)39(60)61)67-41-37(32(56)30(54)24(19-50)63-41)66-40-35(59)31(55)29(53)23(18-49)62-40/h8,22-38,40-42,49-59H,9-20H2,1-7H3,(H,60,61)/t22?,23-,24-,25?,26?,27-,28+,29-,30+,31+,32+,33+,34+,35-,36+,37-,38-,40+,41+,42-,44-,45+,46-,47+,48-/m1/s1. The average molecular weight is 959 g/mol. The minimum Gasteiger partial charge on any atom is -0.479 e. The molecule has 8 aliphatic rings. The van der Waals surface area contributed by atoms with E-state index in [1.54, 1.807) is 0 Å². The Bertz CT molecular complexity index is 1830. The number of hydrogen-bond acceptors (Lipinski definition) is 18. The van der Waals surface area contributed by atoms with Gasteiger partial charge in [0.15, 0.2) is 25.0 Å². The second kappa shape index (κ2) is 18.2. The zero-order valence-electron chi connectivity index (χ0n) is 39.8. The van der Waals surface area contributed by atoms with Crippen molar-refractivity contribution in [1.82, 2.24) is 0 Å². The van der Waals surface area contributed by atoms with Crippen LogP contribution in [0.15, 0.2) is 11.6 Å². The number of carboxylic acid groups (broad SMARTS) is 1. The number of allylic oxidation sites excluding steroid dienone is 2. The van der Waals surface area contributed by atoms with E-state index in [-0.39, 0.29) is 57.5 Å². The van der Waals surface area contributed by atoms with Crippen LogP contribution >= 0.6 is 0 Å². The number of carboxylic acids is 1. The Hall–Kier alpha value is -1.47. The molecule has 0 aromatic rings. The monoisotopic (exact) mass is 959 g/mol. The van der Waals surface area contributed by atoms with E-state index in [0.29, 0.717) is 12.8 Å². The SMILES string of the molecule is CC1(C)CC2C3=CCC4[C@@]5(C)CC[C@H](O[C@@H]6O[C@H](C(=O)O)[C@@H](O)[C@H](O)[C@H]6O[C@@H]6O[C@H](CO)[C@H](O)[C@H](O)[C@H]6O[C@@H]6O[C@H](CO)[C@@H](O)[C@H](O)[C@H]6O)[C@](C)(CO)C5CC[C@@]4(C)[C@@]3(C)CC[C@@]2(C)[C@H](O)C1. The summed E-state index contributed by atoms with van der Waals surface area (Å²) in [5.41, 5.74) is -0.143. The van der Waals surface area contributed by atoms with E-state index in [1.165, 1.54) is 5.57 Å². The van der Waals surface area contributed by atoms with Crippen molar-refractivity contribution in [1.29, 1.82) is 0 Å². The van der Waals surface area contributed by atoms with Crippen LogP contribution in [0.4, 0.5) is 0 Å². The molecule has 0 radical (unpaired) electrons. The first-order chi connectivity index (χ1) is 31.3. The van der Waals surface area contributed by atoms with Crippen LogP contribution in [0, 0.1) is 50.2 Å². The van der Waals surface area contributed by atoms with Gasteiger partial charge in [0.2, 0.25) is 0 Å². The summed E-state index contributed by atoms with van der Waals surface area (Å²) in [6, 6.07) is 0. The fraction of sp³-hybridized carbons (Fsp3) is 0.938. The summed E-state index contributed by atoms with van der Waals surface area (Å²) in [4.78, 5) is 12.5. The summed E-state index contributed by atoms with van der Waals surface area (Å²) in [7, 11) is 0. The first kappa shape index (κ1) is 51.9. The molecule has 0 amide bonds. The maximum Gasteiger partial charge on any atom is 0.335 e. The Morgan fingerprint density at radius 3 is 1.82 bits per heavy atom. The minimum absolute atomic E-state index is 0.00861. The van der Waals surface area contributed by atoms with Gasteiger partial charge in [-0.3, -0.25) is 0 Å². The Balaban J connectivity index is 1.08. The molecule has 25 atom stereocenters. The summed E-state index contributed by atoms with van der Waals surface area (Å²) in [5.74, 6) is -1.22. The van der Waals surface area contributed by atoms with E-state index >= 15 is 0 Å². The molecule has 7 fully saturated rings. The highest BCUT2D eigenvalue weighted by Gasteiger charge is 2.70. The molecule has 12 N–H and O–H groups in total. The molecule has 67 heavy (non-hydrogen) atoms. The number of ether oxygens (including phenoxy) is 6. The van der Waals surface area contributed by atoms with Crippen LogP contribution in [0.25, 0.3) is 0 Å². The quantitative estimate of drug-likeness (QED) is 0.0986. The van der Waals surface area contributed by atoms with Gasteiger partial charge in [-0.15, -0.1) is 0 Å². The van der Waals surface area contributed by atoms with Gasteiger partial charge < -0.3 is 89.7 Å². The Labute approximate surface area is 392 Å². The maximum atomic E-state index is 12.5. The van der Waals surface area contributed by atoms with Gasteiger partial charge in [-0.05, 0) is 97.2 Å². The lowest BCUT2D eigenvalue weighted by molar-refractivity contribution is -0.397. The Kier molecular flexibility index (Phi) is 14.1. The summed E-state index contributed by atoms with van der Waals surface area (Å²) in [6.45, 7) is 14.0. The van der Waals surface area contributed by atoms with Crippen LogP contribution in [-0.2, 0) is 33.2 Å². The van der Waals surface area contributed by atoms with E-state index < -0.39 is 123 Å². The number of hydrogen-bond donors (Lipinski definition) is 12. The number of aliphatic hydroxyl groups excluding tert-OH is 11. The molecular weight excluding hydrogens is 881 g/mol. The fourth-order valence-corrected chi connectivity index (χ4v) is 15.2. The van der Waals surface area contributed by atoms with Crippen molar-refractivity contribution < 1.29 is 94.5 Å². The van der Waals surface area contributed by atoms with Crippen molar-refractivity contribution in [2.45, 2.75) is 211 Å². The van der Waals surface area contributed by atoms with Crippen LogP contribution in [-0.4, -0.2) is 191 Å². The number of aliphatic carboxylic acids is 1. The molecule has 3 unspecified atom stereocenters. The van der Waals surface area contributed by atoms with E-state index in [2.05, 4.69) is 47.6 Å². The maximum absolute atomic E-state index is 12.5. The van der Waals surface area contributed by atoms with Gasteiger partial charge in [-0.25, -0.2) is 4.79 Å². The zero-order chi connectivity index (χ0) is 49.1. The summed E-state index contributed by atoms with van der Waals surface area (Å²) >= 11 is 0. The molecule has 3 aliphatic heterocycles. The van der Waals surface area contributed by atoms with Crippen molar-refractivity contribution >= 4 is 5.97 Å². The highest BCUT2D eigenvalue weighted by Crippen LogP contribution is 2.76. The highest BCUT2D eigenvalue weighted by molar-refractivity contribution is 5.73. The predicted octanol–water partition coefficient (Wildman–Crippen LogP) is -0.323. The molecule has 384 valence electrons. The zero-order valence-corrected chi connectivity index (χ0v) is 39.8. The molecule has 0 aromatic carbocycles. The van der Waals surface area contributed by atoms with Crippen molar-refractivity contribution in [3.63, 3.8) is 0 Å². The summed E-state index contributed by atoms with van der Waals surface area (Å²) in [6.07, 6.45) is -19.2. The Morgan fingerprint density at radius 1 is 0.627 bits per heavy atom. The van der Waals surface area contributed by atoms with Crippen LogP contribution in [0.2, 0.25) is 0 Å². The molecular formula is C48H78O19. The van der Waals surface area contributed by atoms with Gasteiger partial charge in [-0.2, -0.15) is 0 Å². The van der Waals surface area contributed by atoms with Crippen molar-refractivity contribution in [2.75, 3.05) is 19.8 Å². The first-order valence-corrected chi connectivity index (χ1v) is 24.4. The molecule has 19 heteroatoms. The number of carbonyl (C=O) groups is 1. The normalized spacial score (nSPS) is 55.3. The minimum atomic E-state index is -2.10. The summed E-state index contributed by atoms with van der Waals surface area (Å²) < 4.78 is 36.0. The van der Waals surface area contributed by atoms with Gasteiger partial charge in [-0.1, -0.05) is 60.1 Å². The summed E-state index contributed by atoms with van der Waals surface area (Å²) in [5, 5.41) is 130. The van der Waals surface area contributed by atoms with Crippen molar-refractivity contribution in [3.8, 4) is 0 Å². The average Bonchev–Trinajstić information content (AvgIpc) is 3.27. The molecule has 3 saturated heterocycles. The lowest BCUT2D eigenvalue weighted by atomic mass is 9.33. The third-order valence-electron chi connectivity index (χ3n) is 19.5. The molecule has 19 nitrogen and oxygen atoms in total. The molecule has 4 saturated carbocycles. The molecule has 0 bridgehead atoms. The van der Waals surface area contributed by atoms with Crippen LogP contribution in [0.3, 0.4) is 0 Å². The van der Waals surface area contributed by atoms with E-state index in [1.807, 2.05) is 6.92 Å². The third-order valence-corrected chi connectivity index (χ3v) is 19.5. The molecule has 3 heterocycles. The lowest BCUT2D eigenvalue weighted by Crippen LogP contribution is -2.68. The Morgan fingerprint density at radius 2 is 1.21 bits per heavy atom. The van der Waals surface area contributed by atoms with Gasteiger partial charge >= 0.3 is 5.97 Å². The van der Waals surface area contributed by atoms with E-state index in [9.17, 15) is 66.1 Å². The van der Waals surface area contributed by atoms with E-state index in [0.717, 1.165) is 44.9 Å². The largest absolute Gasteiger partial charge is 0.479 e. The van der Waals surface area contributed by atoms with Crippen LogP contribution in [0.1, 0.15) is 106 Å². The fourth-order valence-electron chi connectivity index (χ4n) is 15.2. The van der Waals surface area contributed by atoms with Gasteiger partial charge in [0.05, 0.1) is 32.0 Å². The second-order valence-corrected chi connectivity index (χ2v) is 23.6. The van der Waals surface area contributed by atoms with Gasteiger partial charge in [0, 0.05) is 10.8 Å². The predicted molar refractivity (Wildman–Crippen MR) is 232 cm³/mol. The van der Waals surface area contributed by atoms with Crippen LogP contribution in [0.5, 0.6) is 0 Å². The second-order valence-electron chi connectivity index (χ2n) is 23.6. The number of aliphatic hydroxyl groups is 11. The molecule has 0 aromatic heterocycles. The van der Waals surface area contributed by atoms with Gasteiger partial charge in [0.25, 0.3) is 0 Å². The molecule has 0 spiro atoms. The van der Waals surface area contributed by atoms with Crippen LogP contribution < -0.4 is 0 Å². The van der Waals surface area contributed by atoms with Gasteiger partial charge in [0.1, 0.15) is 67.1 Å². The number of rotatable bonds is 10. The molecule has 5 aliphatic carbocycles. The topological polar surface area (TPSA) is 315 Å². The highest BCUT2D eigenvalue weighted by atomic mass is 16.8. The third kappa shape index (κ3) is 8.10.